The van der Waals surface area contributed by atoms with E-state index in [1.807, 2.05) is 0 Å². The number of para-hydroxylation sites is 5. The van der Waals surface area contributed by atoms with E-state index in [0.29, 0.717) is 0 Å². The molecule has 3 nitrogen and oxygen atoms in total. The van der Waals surface area contributed by atoms with Gasteiger partial charge in [-0.2, -0.15) is 0 Å². The Labute approximate surface area is 400 Å². The van der Waals surface area contributed by atoms with Gasteiger partial charge in [0.05, 0.1) is 22.2 Å². The Morgan fingerprint density at radius 1 is 0.275 bits per heavy atom. The molecule has 2 spiro atoms. The molecule has 0 unspecified atom stereocenters. The summed E-state index contributed by atoms with van der Waals surface area (Å²) in [5.41, 5.74) is 18.7. The SMILES string of the molecule is c1ccc(-c2ccccc2N(c2ccc3c(c2)C2(c4ccccc4Oc4ccccc42)c2ccccc2-3)c2cc3c(c4ccccc24)-c2ccccc2C32c3ccccc3Oc3ccccc32)cc1. The lowest BCUT2D eigenvalue weighted by atomic mass is 9.66. The maximum absolute atomic E-state index is 6.82. The van der Waals surface area contributed by atoms with Crippen molar-refractivity contribution >= 4 is 27.8 Å². The maximum atomic E-state index is 6.82. The average molecular weight is 880 g/mol. The topological polar surface area (TPSA) is 21.7 Å². The maximum Gasteiger partial charge on any atom is 0.132 e. The number of ether oxygens (including phenoxy) is 2. The molecule has 11 aromatic carbocycles. The zero-order chi connectivity index (χ0) is 45.3. The summed E-state index contributed by atoms with van der Waals surface area (Å²) in [4.78, 5) is 2.55. The average Bonchev–Trinajstić information content (AvgIpc) is 3.87. The van der Waals surface area contributed by atoms with Crippen LogP contribution < -0.4 is 14.4 Å². The molecule has 69 heavy (non-hydrogen) atoms. The van der Waals surface area contributed by atoms with Crippen LogP contribution >= 0.6 is 0 Å². The summed E-state index contributed by atoms with van der Waals surface area (Å²) in [6.45, 7) is 0. The fraction of sp³-hybridized carbons (Fsp3) is 0.0303. The Balaban J connectivity index is 1.08. The van der Waals surface area contributed by atoms with Gasteiger partial charge in [-0.1, -0.05) is 200 Å². The number of nitrogens with zero attached hydrogens (tertiary/aromatic N) is 1. The first-order valence-corrected chi connectivity index (χ1v) is 23.8. The van der Waals surface area contributed by atoms with Crippen LogP contribution in [0.4, 0.5) is 17.1 Å². The zero-order valence-electron chi connectivity index (χ0n) is 37.4. The third-order valence-corrected chi connectivity index (χ3v) is 15.4. The van der Waals surface area contributed by atoms with Gasteiger partial charge in [0.2, 0.25) is 0 Å². The number of fused-ring (bicyclic) bond motifs is 20. The van der Waals surface area contributed by atoms with Crippen molar-refractivity contribution in [2.24, 2.45) is 0 Å². The van der Waals surface area contributed by atoms with Crippen LogP contribution in [0.1, 0.15) is 44.5 Å². The smallest absolute Gasteiger partial charge is 0.132 e. The summed E-state index contributed by atoms with van der Waals surface area (Å²) < 4.78 is 13.6. The molecule has 0 radical (unpaired) electrons. The minimum atomic E-state index is -0.667. The third kappa shape index (κ3) is 5.01. The summed E-state index contributed by atoms with van der Waals surface area (Å²) in [7, 11) is 0. The molecule has 0 N–H and O–H groups in total. The second kappa shape index (κ2) is 14.3. The summed E-state index contributed by atoms with van der Waals surface area (Å²) >= 11 is 0. The van der Waals surface area contributed by atoms with E-state index in [1.165, 1.54) is 55.3 Å². The minimum Gasteiger partial charge on any atom is -0.457 e. The normalized spacial score (nSPS) is 14.3. The highest BCUT2D eigenvalue weighted by Crippen LogP contribution is 2.66. The molecule has 2 heterocycles. The Bertz CT molecular complexity index is 3850. The van der Waals surface area contributed by atoms with Gasteiger partial charge in [-0.3, -0.25) is 0 Å². The van der Waals surface area contributed by atoms with Crippen LogP contribution in [0.25, 0.3) is 44.2 Å². The molecule has 15 rings (SSSR count). The molecule has 2 aliphatic heterocycles. The van der Waals surface area contributed by atoms with E-state index in [9.17, 15) is 0 Å². The molecule has 2 aliphatic carbocycles. The van der Waals surface area contributed by atoms with Gasteiger partial charge in [0, 0.05) is 38.9 Å². The second-order valence-electron chi connectivity index (χ2n) is 18.6. The Morgan fingerprint density at radius 2 is 0.710 bits per heavy atom. The highest BCUT2D eigenvalue weighted by molar-refractivity contribution is 6.12. The fourth-order valence-corrected chi connectivity index (χ4v) is 12.8. The van der Waals surface area contributed by atoms with Gasteiger partial charge in [-0.05, 0) is 104 Å². The molecule has 0 saturated carbocycles. The molecule has 0 saturated heterocycles. The number of hydrogen-bond donors (Lipinski definition) is 0. The molecule has 4 aliphatic rings. The molecular weight excluding hydrogens is 839 g/mol. The van der Waals surface area contributed by atoms with Gasteiger partial charge in [0.1, 0.15) is 23.0 Å². The van der Waals surface area contributed by atoms with E-state index in [2.05, 4.69) is 254 Å². The lowest BCUT2D eigenvalue weighted by Crippen LogP contribution is -2.32. The van der Waals surface area contributed by atoms with E-state index in [1.54, 1.807) is 0 Å². The summed E-state index contributed by atoms with van der Waals surface area (Å²) in [6, 6.07) is 91.1. The molecule has 322 valence electrons. The number of benzene rings is 11. The fourth-order valence-electron chi connectivity index (χ4n) is 12.8. The van der Waals surface area contributed by atoms with Crippen molar-refractivity contribution in [2.75, 3.05) is 4.90 Å². The third-order valence-electron chi connectivity index (χ3n) is 15.4. The van der Waals surface area contributed by atoms with Crippen LogP contribution in [-0.2, 0) is 10.8 Å². The zero-order valence-corrected chi connectivity index (χ0v) is 37.4. The van der Waals surface area contributed by atoms with Gasteiger partial charge in [0.15, 0.2) is 0 Å². The predicted octanol–water partition coefficient (Wildman–Crippen LogP) is 16.9. The van der Waals surface area contributed by atoms with Crippen LogP contribution in [0.15, 0.2) is 249 Å². The molecule has 0 bridgehead atoms. The van der Waals surface area contributed by atoms with Crippen molar-refractivity contribution in [1.82, 2.24) is 0 Å². The highest BCUT2D eigenvalue weighted by atomic mass is 16.5. The van der Waals surface area contributed by atoms with Crippen molar-refractivity contribution in [3.05, 3.63) is 293 Å². The van der Waals surface area contributed by atoms with Crippen LogP contribution in [0, 0.1) is 0 Å². The van der Waals surface area contributed by atoms with Crippen LogP contribution in [0.3, 0.4) is 0 Å². The summed E-state index contributed by atoms with van der Waals surface area (Å²) in [5.74, 6) is 3.50. The van der Waals surface area contributed by atoms with Crippen molar-refractivity contribution < 1.29 is 9.47 Å². The van der Waals surface area contributed by atoms with Crippen molar-refractivity contribution in [2.45, 2.75) is 10.8 Å². The van der Waals surface area contributed by atoms with Gasteiger partial charge in [0.25, 0.3) is 0 Å². The van der Waals surface area contributed by atoms with E-state index in [0.717, 1.165) is 73.4 Å². The number of hydrogen-bond acceptors (Lipinski definition) is 3. The van der Waals surface area contributed by atoms with Crippen molar-refractivity contribution in [1.29, 1.82) is 0 Å². The first kappa shape index (κ1) is 38.2. The van der Waals surface area contributed by atoms with Crippen LogP contribution in [0.5, 0.6) is 23.0 Å². The number of anilines is 3. The Morgan fingerprint density at radius 3 is 1.32 bits per heavy atom. The molecule has 11 aromatic rings. The lowest BCUT2D eigenvalue weighted by molar-refractivity contribution is 0.436. The molecule has 0 atom stereocenters. The van der Waals surface area contributed by atoms with Crippen LogP contribution in [-0.4, -0.2) is 0 Å². The van der Waals surface area contributed by atoms with Gasteiger partial charge in [-0.15, -0.1) is 0 Å². The van der Waals surface area contributed by atoms with E-state index >= 15 is 0 Å². The van der Waals surface area contributed by atoms with Gasteiger partial charge < -0.3 is 14.4 Å². The summed E-state index contributed by atoms with van der Waals surface area (Å²) in [6.07, 6.45) is 0. The molecule has 0 aromatic heterocycles. The van der Waals surface area contributed by atoms with E-state index < -0.39 is 10.8 Å². The highest BCUT2D eigenvalue weighted by Gasteiger charge is 2.53. The van der Waals surface area contributed by atoms with E-state index in [4.69, 9.17) is 9.47 Å². The van der Waals surface area contributed by atoms with Crippen molar-refractivity contribution in [3.63, 3.8) is 0 Å². The second-order valence-corrected chi connectivity index (χ2v) is 18.6. The quantitative estimate of drug-likeness (QED) is 0.176. The monoisotopic (exact) mass is 879 g/mol. The predicted molar refractivity (Wildman–Crippen MR) is 279 cm³/mol. The largest absolute Gasteiger partial charge is 0.457 e. The molecule has 0 amide bonds. The minimum absolute atomic E-state index is 0.640. The number of rotatable bonds is 4. The molecular formula is C66H41NO2. The standard InChI is InChI=1S/C66H41NO2/c1-2-20-42(21-3-1)44-22-8-15-33-58(44)67(43-38-39-46-45-23-6-9-27-50(45)65(56(46)40-43)52-29-11-16-34-60(52)68-61-35-17-12-30-53(61)65)59-41-57-64(48-25-5-4-24-47(48)59)49-26-7-10-28-51(49)66(57)54-31-13-18-36-62(54)69-63-37-19-14-32-55(63)66/h1-41H. The van der Waals surface area contributed by atoms with Crippen LogP contribution in [0.2, 0.25) is 0 Å². The van der Waals surface area contributed by atoms with Gasteiger partial charge in [-0.25, -0.2) is 0 Å². The Kier molecular flexibility index (Phi) is 7.92. The summed E-state index contributed by atoms with van der Waals surface area (Å²) in [5, 5.41) is 2.37. The first-order valence-electron chi connectivity index (χ1n) is 23.8. The van der Waals surface area contributed by atoms with E-state index in [-0.39, 0.29) is 0 Å². The molecule has 3 heteroatoms. The first-order chi connectivity index (χ1) is 34.2. The van der Waals surface area contributed by atoms with Gasteiger partial charge >= 0.3 is 0 Å². The lowest BCUT2D eigenvalue weighted by Gasteiger charge is -2.40. The van der Waals surface area contributed by atoms with Crippen molar-refractivity contribution in [3.8, 4) is 56.4 Å². The Hall–Kier alpha value is -8.92. The molecule has 0 fully saturated rings.